The standard InChI is InChI=1S/C19H20O/c20-19(16-9-4-2-1-3-5-10-16)18-13-12-15-8-6-7-11-17(15)14-18/h6-9,11-14H,1-5,10H2/b16-9+. The van der Waals surface area contributed by atoms with E-state index in [-0.39, 0.29) is 5.78 Å². The summed E-state index contributed by atoms with van der Waals surface area (Å²) in [6.45, 7) is 0. The van der Waals surface area contributed by atoms with Crippen molar-refractivity contribution >= 4 is 16.6 Å². The zero-order chi connectivity index (χ0) is 13.8. The summed E-state index contributed by atoms with van der Waals surface area (Å²) in [7, 11) is 0. The fourth-order valence-corrected chi connectivity index (χ4v) is 2.91. The topological polar surface area (TPSA) is 17.1 Å². The van der Waals surface area contributed by atoms with Crippen molar-refractivity contribution in [3.8, 4) is 0 Å². The minimum atomic E-state index is 0.220. The molecule has 102 valence electrons. The van der Waals surface area contributed by atoms with Gasteiger partial charge in [0.25, 0.3) is 0 Å². The molecule has 3 rings (SSSR count). The Balaban J connectivity index is 1.91. The van der Waals surface area contributed by atoms with Gasteiger partial charge in [0.05, 0.1) is 0 Å². The van der Waals surface area contributed by atoms with E-state index in [1.807, 2.05) is 30.3 Å². The summed E-state index contributed by atoms with van der Waals surface area (Å²) in [5.41, 5.74) is 1.84. The van der Waals surface area contributed by atoms with Crippen LogP contribution in [-0.4, -0.2) is 5.78 Å². The summed E-state index contributed by atoms with van der Waals surface area (Å²) in [6.07, 6.45) is 9.06. The Morgan fingerprint density at radius 3 is 2.55 bits per heavy atom. The molecule has 1 heteroatoms. The van der Waals surface area contributed by atoms with Gasteiger partial charge < -0.3 is 0 Å². The van der Waals surface area contributed by atoms with Crippen LogP contribution in [0.3, 0.4) is 0 Å². The van der Waals surface area contributed by atoms with Crippen LogP contribution >= 0.6 is 0 Å². The highest BCUT2D eigenvalue weighted by Gasteiger charge is 2.13. The van der Waals surface area contributed by atoms with Gasteiger partial charge in [-0.1, -0.05) is 55.3 Å². The van der Waals surface area contributed by atoms with Gasteiger partial charge in [-0.25, -0.2) is 0 Å². The molecule has 0 heterocycles. The van der Waals surface area contributed by atoms with Crippen LogP contribution in [0.2, 0.25) is 0 Å². The van der Waals surface area contributed by atoms with Crippen molar-refractivity contribution in [2.75, 3.05) is 0 Å². The first-order chi connectivity index (χ1) is 9.84. The highest BCUT2D eigenvalue weighted by atomic mass is 16.1. The first-order valence-corrected chi connectivity index (χ1v) is 7.57. The molecule has 0 saturated carbocycles. The molecule has 0 spiro atoms. The SMILES string of the molecule is O=C(/C1=C/CCCCCC1)c1ccc2ccccc2c1. The van der Waals surface area contributed by atoms with Crippen molar-refractivity contribution < 1.29 is 4.79 Å². The Kier molecular flexibility index (Phi) is 3.96. The number of rotatable bonds is 2. The van der Waals surface area contributed by atoms with Crippen LogP contribution in [0.5, 0.6) is 0 Å². The van der Waals surface area contributed by atoms with E-state index in [0.29, 0.717) is 0 Å². The van der Waals surface area contributed by atoms with E-state index in [9.17, 15) is 4.79 Å². The molecule has 1 nitrogen and oxygen atoms in total. The third kappa shape index (κ3) is 2.82. The van der Waals surface area contributed by atoms with E-state index in [1.165, 1.54) is 24.6 Å². The maximum atomic E-state index is 12.6. The second kappa shape index (κ2) is 6.04. The second-order valence-corrected chi connectivity index (χ2v) is 5.57. The van der Waals surface area contributed by atoms with E-state index in [2.05, 4.69) is 18.2 Å². The molecule has 0 amide bonds. The molecule has 0 atom stereocenters. The van der Waals surface area contributed by atoms with Crippen molar-refractivity contribution in [3.05, 3.63) is 59.7 Å². The van der Waals surface area contributed by atoms with Gasteiger partial charge in [0.15, 0.2) is 5.78 Å². The zero-order valence-corrected chi connectivity index (χ0v) is 11.8. The summed E-state index contributed by atoms with van der Waals surface area (Å²) in [6, 6.07) is 14.2. The number of carbonyl (C=O) groups is 1. The number of Topliss-reactive ketones (excluding diaryl/α,β-unsaturated/α-hetero) is 1. The highest BCUT2D eigenvalue weighted by Crippen LogP contribution is 2.23. The Hall–Kier alpha value is -1.89. The van der Waals surface area contributed by atoms with Gasteiger partial charge in [0.1, 0.15) is 0 Å². The smallest absolute Gasteiger partial charge is 0.188 e. The number of hydrogen-bond donors (Lipinski definition) is 0. The van der Waals surface area contributed by atoms with Crippen LogP contribution in [-0.2, 0) is 0 Å². The zero-order valence-electron chi connectivity index (χ0n) is 11.8. The molecule has 0 aliphatic heterocycles. The van der Waals surface area contributed by atoms with E-state index >= 15 is 0 Å². The maximum absolute atomic E-state index is 12.6. The van der Waals surface area contributed by atoms with Crippen LogP contribution in [0.15, 0.2) is 54.1 Å². The number of ketones is 1. The molecule has 20 heavy (non-hydrogen) atoms. The van der Waals surface area contributed by atoms with Crippen LogP contribution in [0.1, 0.15) is 48.9 Å². The summed E-state index contributed by atoms with van der Waals surface area (Å²) in [4.78, 5) is 12.6. The van der Waals surface area contributed by atoms with Crippen LogP contribution in [0.25, 0.3) is 10.8 Å². The minimum absolute atomic E-state index is 0.220. The molecule has 2 aromatic carbocycles. The van der Waals surface area contributed by atoms with Crippen molar-refractivity contribution in [1.29, 1.82) is 0 Å². The largest absolute Gasteiger partial charge is 0.289 e. The predicted octanol–water partition coefficient (Wildman–Crippen LogP) is 5.30. The van der Waals surface area contributed by atoms with Crippen molar-refractivity contribution in [2.24, 2.45) is 0 Å². The maximum Gasteiger partial charge on any atom is 0.188 e. The second-order valence-electron chi connectivity index (χ2n) is 5.57. The average Bonchev–Trinajstić information content (AvgIpc) is 2.46. The molecule has 0 saturated heterocycles. The fourth-order valence-electron chi connectivity index (χ4n) is 2.91. The lowest BCUT2D eigenvalue weighted by atomic mass is 9.93. The predicted molar refractivity (Wildman–Crippen MR) is 84.1 cm³/mol. The normalized spacial score (nSPS) is 18.9. The molecule has 1 aliphatic carbocycles. The monoisotopic (exact) mass is 264 g/mol. The van der Waals surface area contributed by atoms with E-state index < -0.39 is 0 Å². The molecule has 2 aromatic rings. The first kappa shape index (κ1) is 13.1. The van der Waals surface area contributed by atoms with Gasteiger partial charge in [-0.3, -0.25) is 4.79 Å². The van der Waals surface area contributed by atoms with Gasteiger partial charge in [-0.15, -0.1) is 0 Å². The molecule has 0 unspecified atom stereocenters. The van der Waals surface area contributed by atoms with Crippen LogP contribution in [0, 0.1) is 0 Å². The lowest BCUT2D eigenvalue weighted by Crippen LogP contribution is -2.05. The van der Waals surface area contributed by atoms with Crippen LogP contribution < -0.4 is 0 Å². The summed E-state index contributed by atoms with van der Waals surface area (Å²) in [5.74, 6) is 0.220. The Labute approximate surface area is 120 Å². The van der Waals surface area contributed by atoms with Gasteiger partial charge in [-0.2, -0.15) is 0 Å². The van der Waals surface area contributed by atoms with Gasteiger partial charge >= 0.3 is 0 Å². The Morgan fingerprint density at radius 2 is 1.65 bits per heavy atom. The lowest BCUT2D eigenvalue weighted by Gasteiger charge is -2.11. The first-order valence-electron chi connectivity index (χ1n) is 7.57. The quantitative estimate of drug-likeness (QED) is 0.672. The van der Waals surface area contributed by atoms with Crippen molar-refractivity contribution in [1.82, 2.24) is 0 Å². The van der Waals surface area contributed by atoms with E-state index in [4.69, 9.17) is 0 Å². The Bertz CT molecular complexity index is 652. The van der Waals surface area contributed by atoms with E-state index in [1.54, 1.807) is 0 Å². The average molecular weight is 264 g/mol. The molecule has 0 radical (unpaired) electrons. The third-order valence-corrected chi connectivity index (χ3v) is 4.09. The fraction of sp³-hybridized carbons (Fsp3) is 0.316. The van der Waals surface area contributed by atoms with Crippen molar-refractivity contribution in [2.45, 2.75) is 38.5 Å². The number of allylic oxidation sites excluding steroid dienone is 2. The highest BCUT2D eigenvalue weighted by molar-refractivity contribution is 6.10. The molecule has 1 aliphatic rings. The Morgan fingerprint density at radius 1 is 0.850 bits per heavy atom. The molecule has 0 aromatic heterocycles. The number of carbonyl (C=O) groups excluding carboxylic acids is 1. The molecule has 0 N–H and O–H groups in total. The number of benzene rings is 2. The molecular weight excluding hydrogens is 244 g/mol. The summed E-state index contributed by atoms with van der Waals surface area (Å²) < 4.78 is 0. The number of hydrogen-bond acceptors (Lipinski definition) is 1. The van der Waals surface area contributed by atoms with Crippen LogP contribution in [0.4, 0.5) is 0 Å². The summed E-state index contributed by atoms with van der Waals surface area (Å²) >= 11 is 0. The molecular formula is C19H20O. The molecule has 0 bridgehead atoms. The number of fused-ring (bicyclic) bond motifs is 1. The lowest BCUT2D eigenvalue weighted by molar-refractivity contribution is 0.102. The van der Waals surface area contributed by atoms with Gasteiger partial charge in [0, 0.05) is 5.56 Å². The van der Waals surface area contributed by atoms with Gasteiger partial charge in [-0.05, 0) is 48.1 Å². The van der Waals surface area contributed by atoms with Crippen molar-refractivity contribution in [3.63, 3.8) is 0 Å². The van der Waals surface area contributed by atoms with E-state index in [0.717, 1.165) is 35.8 Å². The third-order valence-electron chi connectivity index (χ3n) is 4.09. The minimum Gasteiger partial charge on any atom is -0.289 e. The summed E-state index contributed by atoms with van der Waals surface area (Å²) in [5, 5.41) is 2.33. The van der Waals surface area contributed by atoms with Gasteiger partial charge in [0.2, 0.25) is 0 Å². The molecule has 0 fully saturated rings.